The quantitative estimate of drug-likeness (QED) is 0.457. The second-order valence-corrected chi connectivity index (χ2v) is 2.00. The molecule has 0 aliphatic rings. The van der Waals surface area contributed by atoms with Crippen molar-refractivity contribution in [2.75, 3.05) is 19.8 Å². The number of ether oxygens (including phenoxy) is 2. The van der Waals surface area contributed by atoms with E-state index in [9.17, 15) is 9.59 Å². The van der Waals surface area contributed by atoms with Gasteiger partial charge in [-0.05, 0) is 6.92 Å². The summed E-state index contributed by atoms with van der Waals surface area (Å²) >= 11 is 0. The average molecular weight is 176 g/mol. The summed E-state index contributed by atoms with van der Waals surface area (Å²) in [4.78, 5) is 20.6. The number of carbonyl (C=O) groups is 2. The van der Waals surface area contributed by atoms with Crippen LogP contribution in [0.4, 0.5) is 0 Å². The average Bonchev–Trinajstić information content (AvgIpc) is 1.98. The molecule has 0 saturated carbocycles. The summed E-state index contributed by atoms with van der Waals surface area (Å²) in [6.07, 6.45) is 0.0983. The molecule has 0 aliphatic heterocycles. The summed E-state index contributed by atoms with van der Waals surface area (Å²) in [6.45, 7) is 1.75. The molecule has 0 aromatic carbocycles. The van der Waals surface area contributed by atoms with E-state index in [0.29, 0.717) is 6.61 Å². The molecule has 70 valence electrons. The molecule has 0 amide bonds. The zero-order chi connectivity index (χ0) is 9.40. The van der Waals surface area contributed by atoms with Crippen LogP contribution in [0.2, 0.25) is 0 Å². The fraction of sp³-hybridized carbons (Fsp3) is 0.714. The smallest absolute Gasteiger partial charge is 0.329 e. The van der Waals surface area contributed by atoms with Crippen LogP contribution in [0.3, 0.4) is 0 Å². The van der Waals surface area contributed by atoms with Crippen LogP contribution < -0.4 is 0 Å². The van der Waals surface area contributed by atoms with E-state index in [1.807, 2.05) is 0 Å². The van der Waals surface area contributed by atoms with Gasteiger partial charge in [0, 0.05) is 0 Å². The van der Waals surface area contributed by atoms with Gasteiger partial charge >= 0.3 is 11.9 Å². The third-order valence-electron chi connectivity index (χ3n) is 0.981. The number of hydrogen-bond donors (Lipinski definition) is 1. The number of aliphatic carboxylic acids is 1. The number of carboxylic acid groups (broad SMARTS) is 1. The molecule has 0 spiro atoms. The summed E-state index contributed by atoms with van der Waals surface area (Å²) in [5.74, 6) is -1.42. The first-order valence-corrected chi connectivity index (χ1v) is 3.62. The summed E-state index contributed by atoms with van der Waals surface area (Å²) in [5.41, 5.74) is 0. The van der Waals surface area contributed by atoms with Crippen molar-refractivity contribution in [3.63, 3.8) is 0 Å². The first-order chi connectivity index (χ1) is 5.66. The largest absolute Gasteiger partial charge is 0.480 e. The molecule has 0 heterocycles. The van der Waals surface area contributed by atoms with Crippen molar-refractivity contribution >= 4 is 11.9 Å². The summed E-state index contributed by atoms with van der Waals surface area (Å²) < 4.78 is 9.19. The Hall–Kier alpha value is -1.10. The van der Waals surface area contributed by atoms with Gasteiger partial charge in [0.15, 0.2) is 0 Å². The Kier molecular flexibility index (Phi) is 6.00. The number of carbonyl (C=O) groups excluding carboxylic acids is 1. The highest BCUT2D eigenvalue weighted by atomic mass is 16.5. The Balaban J connectivity index is 3.19. The van der Waals surface area contributed by atoms with E-state index in [0.717, 1.165) is 0 Å². The van der Waals surface area contributed by atoms with Gasteiger partial charge < -0.3 is 14.6 Å². The molecule has 0 bridgehead atoms. The Bertz CT molecular complexity index is 154. The van der Waals surface area contributed by atoms with E-state index < -0.39 is 5.97 Å². The van der Waals surface area contributed by atoms with Crippen molar-refractivity contribution in [1.29, 1.82) is 0 Å². The van der Waals surface area contributed by atoms with Crippen LogP contribution in [0, 0.1) is 0 Å². The lowest BCUT2D eigenvalue weighted by atomic mass is 10.5. The van der Waals surface area contributed by atoms with E-state index >= 15 is 0 Å². The topological polar surface area (TPSA) is 72.8 Å². The van der Waals surface area contributed by atoms with Crippen LogP contribution in [0.25, 0.3) is 0 Å². The van der Waals surface area contributed by atoms with Gasteiger partial charge in [0.2, 0.25) is 0 Å². The van der Waals surface area contributed by atoms with Crippen LogP contribution in [-0.4, -0.2) is 36.9 Å². The number of rotatable bonds is 6. The van der Waals surface area contributed by atoms with Crippen molar-refractivity contribution in [1.82, 2.24) is 0 Å². The minimum absolute atomic E-state index is 0.0884. The number of esters is 1. The Morgan fingerprint density at radius 3 is 2.58 bits per heavy atom. The van der Waals surface area contributed by atoms with Gasteiger partial charge in [-0.25, -0.2) is 4.79 Å². The maximum absolute atomic E-state index is 10.6. The molecular formula is C7H12O5. The predicted octanol–water partition coefficient (Wildman–Crippen LogP) is 0.0408. The fourth-order valence-electron chi connectivity index (χ4n) is 0.548. The van der Waals surface area contributed by atoms with E-state index in [1.165, 1.54) is 0 Å². The van der Waals surface area contributed by atoms with Gasteiger partial charge in [0.25, 0.3) is 0 Å². The van der Waals surface area contributed by atoms with Gasteiger partial charge in [-0.15, -0.1) is 0 Å². The molecule has 12 heavy (non-hydrogen) atoms. The van der Waals surface area contributed by atoms with Crippen molar-refractivity contribution in [3.8, 4) is 0 Å². The fourth-order valence-corrected chi connectivity index (χ4v) is 0.548. The highest BCUT2D eigenvalue weighted by molar-refractivity contribution is 5.69. The second kappa shape index (κ2) is 6.60. The van der Waals surface area contributed by atoms with Crippen molar-refractivity contribution in [3.05, 3.63) is 0 Å². The van der Waals surface area contributed by atoms with Gasteiger partial charge in [0.05, 0.1) is 19.6 Å². The highest BCUT2D eigenvalue weighted by Crippen LogP contribution is 1.87. The first kappa shape index (κ1) is 10.9. The molecule has 5 heteroatoms. The predicted molar refractivity (Wildman–Crippen MR) is 39.7 cm³/mol. The molecule has 0 atom stereocenters. The zero-order valence-electron chi connectivity index (χ0n) is 6.91. The molecule has 0 unspecified atom stereocenters. The first-order valence-electron chi connectivity index (χ1n) is 3.62. The Labute approximate surface area is 70.3 Å². The second-order valence-electron chi connectivity index (χ2n) is 2.00. The lowest BCUT2D eigenvalue weighted by molar-refractivity contribution is -0.148. The van der Waals surface area contributed by atoms with Crippen LogP contribution in [0.15, 0.2) is 0 Å². The third-order valence-corrected chi connectivity index (χ3v) is 0.981. The number of carboxylic acids is 1. The normalized spacial score (nSPS) is 9.42. The van der Waals surface area contributed by atoms with Crippen molar-refractivity contribution < 1.29 is 24.2 Å². The van der Waals surface area contributed by atoms with Gasteiger partial charge in [-0.3, -0.25) is 4.79 Å². The third kappa shape index (κ3) is 7.01. The summed E-state index contributed by atoms with van der Waals surface area (Å²) in [7, 11) is 0. The molecule has 0 aliphatic carbocycles. The van der Waals surface area contributed by atoms with Gasteiger partial charge in [0.1, 0.15) is 6.61 Å². The number of hydrogen-bond acceptors (Lipinski definition) is 4. The SMILES string of the molecule is CCOC(=O)CCOCC(=O)O. The molecule has 5 nitrogen and oxygen atoms in total. The Morgan fingerprint density at radius 1 is 1.42 bits per heavy atom. The van der Waals surface area contributed by atoms with Crippen LogP contribution in [-0.2, 0) is 19.1 Å². The maximum Gasteiger partial charge on any atom is 0.329 e. The van der Waals surface area contributed by atoms with E-state index in [-0.39, 0.29) is 25.6 Å². The summed E-state index contributed by atoms with van der Waals surface area (Å²) in [6, 6.07) is 0. The van der Waals surface area contributed by atoms with Crippen LogP contribution in [0.1, 0.15) is 13.3 Å². The van der Waals surface area contributed by atoms with E-state index in [2.05, 4.69) is 9.47 Å². The lowest BCUT2D eigenvalue weighted by Crippen LogP contribution is -2.12. The van der Waals surface area contributed by atoms with E-state index in [1.54, 1.807) is 6.92 Å². The zero-order valence-corrected chi connectivity index (χ0v) is 6.91. The maximum atomic E-state index is 10.6. The standard InChI is InChI=1S/C7H12O5/c1-2-12-7(10)3-4-11-5-6(8)9/h2-5H2,1H3,(H,8,9). The molecular weight excluding hydrogens is 164 g/mol. The molecule has 0 fully saturated rings. The minimum Gasteiger partial charge on any atom is -0.480 e. The van der Waals surface area contributed by atoms with Crippen molar-refractivity contribution in [2.45, 2.75) is 13.3 Å². The molecule has 0 radical (unpaired) electrons. The molecule has 0 aromatic heterocycles. The molecule has 1 N–H and O–H groups in total. The van der Waals surface area contributed by atoms with Crippen LogP contribution >= 0.6 is 0 Å². The monoisotopic (exact) mass is 176 g/mol. The lowest BCUT2D eigenvalue weighted by Gasteiger charge is -2.01. The minimum atomic E-state index is -1.04. The highest BCUT2D eigenvalue weighted by Gasteiger charge is 2.02. The Morgan fingerprint density at radius 2 is 2.08 bits per heavy atom. The molecule has 0 aromatic rings. The van der Waals surface area contributed by atoms with Crippen molar-refractivity contribution in [2.24, 2.45) is 0 Å². The van der Waals surface area contributed by atoms with Gasteiger partial charge in [-0.2, -0.15) is 0 Å². The van der Waals surface area contributed by atoms with Crippen LogP contribution in [0.5, 0.6) is 0 Å². The summed E-state index contributed by atoms with van der Waals surface area (Å²) in [5, 5.41) is 8.14. The van der Waals surface area contributed by atoms with Gasteiger partial charge in [-0.1, -0.05) is 0 Å². The molecule has 0 rings (SSSR count). The van der Waals surface area contributed by atoms with E-state index in [4.69, 9.17) is 5.11 Å². The molecule has 0 saturated heterocycles.